The molecule has 0 saturated heterocycles. The fourth-order valence-corrected chi connectivity index (χ4v) is 8.41. The molecule has 0 N–H and O–H groups in total. The Labute approximate surface area is 282 Å². The van der Waals surface area contributed by atoms with Crippen LogP contribution in [0, 0.1) is 0 Å². The van der Waals surface area contributed by atoms with Crippen molar-refractivity contribution >= 4 is 54.5 Å². The molecule has 2 aromatic heterocycles. The maximum Gasteiger partial charge on any atom is 0.178 e. The normalized spacial score (nSPS) is 12.4. The van der Waals surface area contributed by atoms with Gasteiger partial charge in [-0.2, -0.15) is 0 Å². The summed E-state index contributed by atoms with van der Waals surface area (Å²) in [5.74, 6) is 0.828. The smallest absolute Gasteiger partial charge is 0.178 e. The Bertz CT molecular complexity index is 2900. The van der Waals surface area contributed by atoms with Crippen LogP contribution in [-0.4, -0.2) is 0 Å². The first-order valence-electron chi connectivity index (χ1n) is 16.9. The number of furan rings is 2. The summed E-state index contributed by atoms with van der Waals surface area (Å²) in [6, 6.07) is 56.7. The zero-order valence-electron chi connectivity index (χ0n) is 26.5. The van der Waals surface area contributed by atoms with Gasteiger partial charge in [-0.15, -0.1) is 0 Å². The third-order valence-electron chi connectivity index (χ3n) is 10.5. The molecule has 10 aromatic rings. The fraction of sp³-hybridized carbons (Fsp3) is 0.0213. The van der Waals surface area contributed by atoms with Crippen LogP contribution in [0.3, 0.4) is 0 Å². The minimum absolute atomic E-state index is 0.776. The van der Waals surface area contributed by atoms with Gasteiger partial charge in [-0.1, -0.05) is 140 Å². The summed E-state index contributed by atoms with van der Waals surface area (Å²) >= 11 is 0. The minimum atomic E-state index is 0.776. The molecule has 1 aliphatic carbocycles. The number of para-hydroxylation sites is 1. The third-order valence-corrected chi connectivity index (χ3v) is 10.5. The molecule has 2 heterocycles. The van der Waals surface area contributed by atoms with Crippen molar-refractivity contribution in [3.05, 3.63) is 169 Å². The molecule has 0 unspecified atom stereocenters. The largest absolute Gasteiger partial charge is 0.452 e. The Kier molecular flexibility index (Phi) is 5.47. The summed E-state index contributed by atoms with van der Waals surface area (Å²) in [4.78, 5) is 0. The van der Waals surface area contributed by atoms with Gasteiger partial charge in [-0.3, -0.25) is 0 Å². The van der Waals surface area contributed by atoms with E-state index in [1.54, 1.807) is 0 Å². The van der Waals surface area contributed by atoms with E-state index in [-0.39, 0.29) is 0 Å². The van der Waals surface area contributed by atoms with Crippen LogP contribution in [0.5, 0.6) is 0 Å². The second kappa shape index (κ2) is 10.1. The number of hydrogen-bond acceptors (Lipinski definition) is 2. The first kappa shape index (κ1) is 26.7. The summed E-state index contributed by atoms with van der Waals surface area (Å²) in [7, 11) is 0. The molecule has 228 valence electrons. The lowest BCUT2D eigenvalue weighted by Crippen LogP contribution is -1.94. The number of rotatable bonds is 3. The maximum atomic E-state index is 6.76. The van der Waals surface area contributed by atoms with Crippen molar-refractivity contribution in [1.82, 2.24) is 0 Å². The highest BCUT2D eigenvalue weighted by Crippen LogP contribution is 2.51. The van der Waals surface area contributed by atoms with Crippen molar-refractivity contribution in [2.75, 3.05) is 0 Å². The molecule has 2 nitrogen and oxygen atoms in total. The van der Waals surface area contributed by atoms with Crippen LogP contribution in [0.1, 0.15) is 11.1 Å². The molecule has 1 aliphatic rings. The average Bonchev–Trinajstić information content (AvgIpc) is 3.88. The summed E-state index contributed by atoms with van der Waals surface area (Å²) in [6.45, 7) is 0. The van der Waals surface area contributed by atoms with E-state index in [0.717, 1.165) is 56.2 Å². The Hall–Kier alpha value is -6.38. The third kappa shape index (κ3) is 3.77. The van der Waals surface area contributed by atoms with E-state index in [0.29, 0.717) is 0 Å². The molecular weight excluding hydrogens is 597 g/mol. The second-order valence-corrected chi connectivity index (χ2v) is 13.1. The summed E-state index contributed by atoms with van der Waals surface area (Å²) in [6.07, 6.45) is 0.939. The van der Waals surface area contributed by atoms with Crippen LogP contribution in [0.2, 0.25) is 0 Å². The van der Waals surface area contributed by atoms with E-state index in [1.807, 2.05) is 18.2 Å². The standard InChI is InChI=1S/C47H28O2/c1-2-13-28(14-3-1)43-27-41-39(26-40-32-17-10-11-24-42(32)48-46(40)47(41)49-43)45-35-20-8-6-18-33(35)44(34-19-7-9-21-36(34)45)37-23-12-22-31-30-16-5-4-15-29(30)25-38(31)37/h1-24,26-27H,25H2. The zero-order valence-corrected chi connectivity index (χ0v) is 26.5. The van der Waals surface area contributed by atoms with Gasteiger partial charge >= 0.3 is 0 Å². The number of fused-ring (bicyclic) bond motifs is 10. The van der Waals surface area contributed by atoms with E-state index >= 15 is 0 Å². The van der Waals surface area contributed by atoms with Crippen LogP contribution < -0.4 is 0 Å². The molecule has 0 fully saturated rings. The monoisotopic (exact) mass is 624 g/mol. The zero-order chi connectivity index (χ0) is 32.1. The van der Waals surface area contributed by atoms with Crippen molar-refractivity contribution in [3.63, 3.8) is 0 Å². The molecule has 0 spiro atoms. The molecule has 0 bridgehead atoms. The van der Waals surface area contributed by atoms with Gasteiger partial charge in [0.15, 0.2) is 11.2 Å². The van der Waals surface area contributed by atoms with Crippen LogP contribution in [-0.2, 0) is 6.42 Å². The van der Waals surface area contributed by atoms with Crippen molar-refractivity contribution in [2.45, 2.75) is 6.42 Å². The lowest BCUT2D eigenvalue weighted by Gasteiger charge is -2.20. The van der Waals surface area contributed by atoms with Gasteiger partial charge in [0.05, 0.1) is 0 Å². The maximum absolute atomic E-state index is 6.76. The minimum Gasteiger partial charge on any atom is -0.452 e. The van der Waals surface area contributed by atoms with E-state index in [9.17, 15) is 0 Å². The first-order valence-corrected chi connectivity index (χ1v) is 16.9. The molecular formula is C47H28O2. The highest BCUT2D eigenvalue weighted by molar-refractivity contribution is 6.27. The van der Waals surface area contributed by atoms with Gasteiger partial charge in [-0.05, 0) is 90.7 Å². The molecule has 0 atom stereocenters. The van der Waals surface area contributed by atoms with Gasteiger partial charge in [0.25, 0.3) is 0 Å². The summed E-state index contributed by atoms with van der Waals surface area (Å²) in [5.41, 5.74) is 13.9. The Morgan fingerprint density at radius 1 is 0.367 bits per heavy atom. The topological polar surface area (TPSA) is 26.3 Å². The molecule has 11 rings (SSSR count). The van der Waals surface area contributed by atoms with E-state index in [4.69, 9.17) is 8.83 Å². The predicted octanol–water partition coefficient (Wildman–Crippen LogP) is 13.2. The quantitative estimate of drug-likeness (QED) is 0.183. The van der Waals surface area contributed by atoms with Crippen molar-refractivity contribution in [1.29, 1.82) is 0 Å². The number of benzene rings is 8. The van der Waals surface area contributed by atoms with E-state index < -0.39 is 0 Å². The van der Waals surface area contributed by atoms with Crippen LogP contribution in [0.4, 0.5) is 0 Å². The van der Waals surface area contributed by atoms with E-state index in [1.165, 1.54) is 60.5 Å². The molecule has 8 aromatic carbocycles. The Morgan fingerprint density at radius 2 is 0.939 bits per heavy atom. The lowest BCUT2D eigenvalue weighted by atomic mass is 9.83. The predicted molar refractivity (Wildman–Crippen MR) is 203 cm³/mol. The Balaban J connectivity index is 1.28. The van der Waals surface area contributed by atoms with Crippen LogP contribution in [0.25, 0.3) is 99.2 Å². The van der Waals surface area contributed by atoms with Gasteiger partial charge in [-0.25, -0.2) is 0 Å². The molecule has 0 amide bonds. The molecule has 49 heavy (non-hydrogen) atoms. The molecule has 2 heteroatoms. The highest BCUT2D eigenvalue weighted by Gasteiger charge is 2.26. The Morgan fingerprint density at radius 3 is 1.69 bits per heavy atom. The average molecular weight is 625 g/mol. The van der Waals surface area contributed by atoms with Crippen LogP contribution in [0.15, 0.2) is 167 Å². The molecule has 0 saturated carbocycles. The molecule has 0 radical (unpaired) electrons. The van der Waals surface area contributed by atoms with Gasteiger partial charge in [0.1, 0.15) is 11.3 Å². The van der Waals surface area contributed by atoms with Crippen molar-refractivity contribution < 1.29 is 8.83 Å². The molecule has 0 aliphatic heterocycles. The second-order valence-electron chi connectivity index (χ2n) is 13.1. The summed E-state index contributed by atoms with van der Waals surface area (Å²) in [5, 5.41) is 8.13. The number of hydrogen-bond donors (Lipinski definition) is 0. The lowest BCUT2D eigenvalue weighted by molar-refractivity contribution is 0.611. The first-order chi connectivity index (χ1) is 24.3. The van der Waals surface area contributed by atoms with Crippen molar-refractivity contribution in [2.24, 2.45) is 0 Å². The highest BCUT2D eigenvalue weighted by atomic mass is 16.4. The van der Waals surface area contributed by atoms with Gasteiger partial charge in [0.2, 0.25) is 0 Å². The SMILES string of the molecule is c1ccc(-c2cc3c(-c4c5ccccc5c(-c5cccc6c5Cc5ccccc5-6)c5ccccc45)cc4c5ccccc5oc4c3o2)cc1. The van der Waals surface area contributed by atoms with Crippen molar-refractivity contribution in [3.8, 4) is 44.7 Å². The van der Waals surface area contributed by atoms with Gasteiger partial charge < -0.3 is 8.83 Å². The van der Waals surface area contributed by atoms with Crippen LogP contribution >= 0.6 is 0 Å². The van der Waals surface area contributed by atoms with E-state index in [2.05, 4.69) is 140 Å². The summed E-state index contributed by atoms with van der Waals surface area (Å²) < 4.78 is 13.3. The fourth-order valence-electron chi connectivity index (χ4n) is 8.41. The van der Waals surface area contributed by atoms with Gasteiger partial charge in [0, 0.05) is 21.7 Å².